The van der Waals surface area contributed by atoms with Crippen LogP contribution in [0.15, 0.2) is 30.9 Å². The highest BCUT2D eigenvalue weighted by Gasteiger charge is 2.29. The molecule has 1 fully saturated rings. The molecule has 0 radical (unpaired) electrons. The first-order valence-electron chi connectivity index (χ1n) is 6.46. The van der Waals surface area contributed by atoms with E-state index in [4.69, 9.17) is 16.3 Å². The van der Waals surface area contributed by atoms with Crippen molar-refractivity contribution in [3.05, 3.63) is 41.4 Å². The largest absolute Gasteiger partial charge is 0.462 e. The highest BCUT2D eigenvalue weighted by atomic mass is 35.5. The van der Waals surface area contributed by atoms with Crippen LogP contribution in [0.4, 0.5) is 5.69 Å². The van der Waals surface area contributed by atoms with Gasteiger partial charge in [0, 0.05) is 24.6 Å². The molecule has 106 valence electrons. The molecule has 0 N–H and O–H groups in total. The van der Waals surface area contributed by atoms with E-state index in [9.17, 15) is 9.59 Å². The quantitative estimate of drug-likeness (QED) is 0.633. The maximum Gasteiger partial charge on any atom is 0.339 e. The molecule has 2 rings (SSSR count). The van der Waals surface area contributed by atoms with Crippen molar-refractivity contribution in [3.63, 3.8) is 0 Å². The van der Waals surface area contributed by atoms with Crippen molar-refractivity contribution in [1.82, 2.24) is 0 Å². The summed E-state index contributed by atoms with van der Waals surface area (Å²) in [4.78, 5) is 25.4. The van der Waals surface area contributed by atoms with Crippen molar-refractivity contribution in [2.45, 2.75) is 13.3 Å². The van der Waals surface area contributed by atoms with Crippen LogP contribution in [-0.4, -0.2) is 25.0 Å². The summed E-state index contributed by atoms with van der Waals surface area (Å²) in [6.07, 6.45) is 2.22. The molecule has 1 saturated heterocycles. The fraction of sp³-hybridized carbons (Fsp3) is 0.333. The lowest BCUT2D eigenvalue weighted by molar-refractivity contribution is -0.117. The highest BCUT2D eigenvalue weighted by molar-refractivity contribution is 6.33. The van der Waals surface area contributed by atoms with Crippen LogP contribution in [0.1, 0.15) is 23.7 Å². The van der Waals surface area contributed by atoms with Crippen molar-refractivity contribution >= 4 is 29.2 Å². The number of esters is 1. The molecule has 1 atom stereocenters. The third kappa shape index (κ3) is 2.85. The zero-order chi connectivity index (χ0) is 14.7. The Morgan fingerprint density at radius 3 is 2.95 bits per heavy atom. The van der Waals surface area contributed by atoms with Gasteiger partial charge in [0.1, 0.15) is 0 Å². The minimum absolute atomic E-state index is 0.0204. The number of anilines is 1. The maximum absolute atomic E-state index is 12.0. The molecular weight excluding hydrogens is 278 g/mol. The van der Waals surface area contributed by atoms with Crippen LogP contribution in [0.3, 0.4) is 0 Å². The Balaban J connectivity index is 2.30. The van der Waals surface area contributed by atoms with Gasteiger partial charge in [0.25, 0.3) is 0 Å². The summed E-state index contributed by atoms with van der Waals surface area (Å²) in [5.41, 5.74) is 0.938. The van der Waals surface area contributed by atoms with Gasteiger partial charge in [-0.3, -0.25) is 4.79 Å². The van der Waals surface area contributed by atoms with Crippen LogP contribution in [0.25, 0.3) is 0 Å². The Morgan fingerprint density at radius 2 is 2.35 bits per heavy atom. The zero-order valence-corrected chi connectivity index (χ0v) is 12.0. The van der Waals surface area contributed by atoms with Crippen molar-refractivity contribution in [3.8, 4) is 0 Å². The van der Waals surface area contributed by atoms with E-state index in [2.05, 4.69) is 6.58 Å². The van der Waals surface area contributed by atoms with Crippen LogP contribution in [-0.2, 0) is 9.53 Å². The number of rotatable bonds is 4. The number of hydrogen-bond donors (Lipinski definition) is 0. The van der Waals surface area contributed by atoms with Crippen LogP contribution in [0.5, 0.6) is 0 Å². The lowest BCUT2D eigenvalue weighted by atomic mass is 10.1. The summed E-state index contributed by atoms with van der Waals surface area (Å²) in [5.74, 6) is -0.317. The van der Waals surface area contributed by atoms with Crippen LogP contribution in [0.2, 0.25) is 5.02 Å². The molecule has 1 aliphatic heterocycles. The van der Waals surface area contributed by atoms with Gasteiger partial charge in [0.15, 0.2) is 0 Å². The molecule has 1 amide bonds. The molecule has 0 spiro atoms. The number of ether oxygens (including phenoxy) is 1. The first-order valence-corrected chi connectivity index (χ1v) is 6.84. The minimum Gasteiger partial charge on any atom is -0.462 e. The molecule has 0 aromatic heterocycles. The first kappa shape index (κ1) is 14.6. The first-order chi connectivity index (χ1) is 9.56. The molecule has 1 unspecified atom stereocenters. The fourth-order valence-electron chi connectivity index (χ4n) is 2.19. The number of carbonyl (C=O) groups excluding carboxylic acids is 2. The molecule has 1 aliphatic rings. The van der Waals surface area contributed by atoms with E-state index < -0.39 is 5.97 Å². The molecule has 1 heterocycles. The number of carbonyl (C=O) groups is 2. The molecule has 1 aromatic carbocycles. The topological polar surface area (TPSA) is 46.6 Å². The second-order valence-corrected chi connectivity index (χ2v) is 5.00. The normalized spacial score (nSPS) is 18.2. The Hall–Kier alpha value is -1.81. The fourth-order valence-corrected chi connectivity index (χ4v) is 2.38. The zero-order valence-electron chi connectivity index (χ0n) is 11.3. The summed E-state index contributed by atoms with van der Waals surface area (Å²) in [5, 5.41) is 0.319. The van der Waals surface area contributed by atoms with Gasteiger partial charge in [-0.1, -0.05) is 17.7 Å². The predicted molar refractivity (Wildman–Crippen MR) is 78.1 cm³/mol. The van der Waals surface area contributed by atoms with E-state index in [1.807, 2.05) is 0 Å². The van der Waals surface area contributed by atoms with Crippen LogP contribution in [0, 0.1) is 5.92 Å². The van der Waals surface area contributed by atoms with E-state index in [1.54, 1.807) is 36.1 Å². The second kappa shape index (κ2) is 6.09. The van der Waals surface area contributed by atoms with Gasteiger partial charge in [-0.05, 0) is 25.1 Å². The molecule has 1 aromatic rings. The van der Waals surface area contributed by atoms with Crippen molar-refractivity contribution in [2.75, 3.05) is 18.1 Å². The SMILES string of the molecule is C=CC1CC(=O)N(c2ccc(Cl)c(C(=O)OCC)c2)C1. The highest BCUT2D eigenvalue weighted by Crippen LogP contribution is 2.29. The molecule has 0 saturated carbocycles. The smallest absolute Gasteiger partial charge is 0.339 e. The van der Waals surface area contributed by atoms with Crippen molar-refractivity contribution in [2.24, 2.45) is 5.92 Å². The minimum atomic E-state index is -0.480. The van der Waals surface area contributed by atoms with E-state index in [0.717, 1.165) is 0 Å². The van der Waals surface area contributed by atoms with E-state index in [1.165, 1.54) is 0 Å². The standard InChI is InChI=1S/C15H16ClNO3/c1-3-10-7-14(18)17(9-10)11-5-6-13(16)12(8-11)15(19)20-4-2/h3,5-6,8,10H,1,4,7,9H2,2H3. The van der Waals surface area contributed by atoms with E-state index >= 15 is 0 Å². The summed E-state index contributed by atoms with van der Waals surface area (Å²) < 4.78 is 4.95. The van der Waals surface area contributed by atoms with Gasteiger partial charge in [0.2, 0.25) is 5.91 Å². The lowest BCUT2D eigenvalue weighted by Crippen LogP contribution is -2.24. The summed E-state index contributed by atoms with van der Waals surface area (Å²) in [7, 11) is 0. The number of amides is 1. The number of benzene rings is 1. The molecule has 4 nitrogen and oxygen atoms in total. The molecular formula is C15H16ClNO3. The maximum atomic E-state index is 12.0. The van der Waals surface area contributed by atoms with Gasteiger partial charge in [-0.2, -0.15) is 0 Å². The van der Waals surface area contributed by atoms with Gasteiger partial charge in [-0.25, -0.2) is 4.79 Å². The summed E-state index contributed by atoms with van der Waals surface area (Å²) in [6, 6.07) is 4.94. The summed E-state index contributed by atoms with van der Waals surface area (Å²) in [6.45, 7) is 6.30. The number of nitrogens with zero attached hydrogens (tertiary/aromatic N) is 1. The summed E-state index contributed by atoms with van der Waals surface area (Å²) >= 11 is 6.01. The lowest BCUT2D eigenvalue weighted by Gasteiger charge is -2.17. The Labute approximate surface area is 123 Å². The number of hydrogen-bond acceptors (Lipinski definition) is 3. The van der Waals surface area contributed by atoms with Gasteiger partial charge in [-0.15, -0.1) is 6.58 Å². The van der Waals surface area contributed by atoms with E-state index in [-0.39, 0.29) is 24.0 Å². The Kier molecular flexibility index (Phi) is 4.45. The third-order valence-electron chi connectivity index (χ3n) is 3.25. The Morgan fingerprint density at radius 1 is 1.60 bits per heavy atom. The monoisotopic (exact) mass is 293 g/mol. The van der Waals surface area contributed by atoms with Gasteiger partial charge >= 0.3 is 5.97 Å². The second-order valence-electron chi connectivity index (χ2n) is 4.59. The molecule has 5 heteroatoms. The molecule has 20 heavy (non-hydrogen) atoms. The van der Waals surface area contributed by atoms with Crippen molar-refractivity contribution in [1.29, 1.82) is 0 Å². The molecule has 0 aliphatic carbocycles. The average Bonchev–Trinajstić information content (AvgIpc) is 2.81. The van der Waals surface area contributed by atoms with Gasteiger partial charge < -0.3 is 9.64 Å². The number of halogens is 1. The molecule has 0 bridgehead atoms. The van der Waals surface area contributed by atoms with Crippen LogP contribution >= 0.6 is 11.6 Å². The Bertz CT molecular complexity index is 556. The van der Waals surface area contributed by atoms with Crippen molar-refractivity contribution < 1.29 is 14.3 Å². The van der Waals surface area contributed by atoms with Gasteiger partial charge in [0.05, 0.1) is 17.2 Å². The third-order valence-corrected chi connectivity index (χ3v) is 3.57. The van der Waals surface area contributed by atoms with E-state index in [0.29, 0.717) is 23.7 Å². The predicted octanol–water partition coefficient (Wildman–Crippen LogP) is 3.06. The van der Waals surface area contributed by atoms with Crippen LogP contribution < -0.4 is 4.90 Å². The average molecular weight is 294 g/mol.